The summed E-state index contributed by atoms with van der Waals surface area (Å²) < 4.78 is 1.93. The van der Waals surface area contributed by atoms with Gasteiger partial charge in [0.2, 0.25) is 0 Å². The number of halogens is 1. The minimum Gasteiger partial charge on any atom is -0.505 e. The molecule has 0 aliphatic carbocycles. The quantitative estimate of drug-likeness (QED) is 0.563. The van der Waals surface area contributed by atoms with Gasteiger partial charge in [-0.2, -0.15) is 9.78 Å². The van der Waals surface area contributed by atoms with Crippen LogP contribution in [0.5, 0.6) is 5.75 Å². The van der Waals surface area contributed by atoms with E-state index in [1.54, 1.807) is 24.3 Å². The second-order valence-electron chi connectivity index (χ2n) is 7.84. The standard InChI is InChI=1S/C23H24BrN5O3/c1-27-10-12-28(13-11-27)15-16-2-6-18(7-3-16)25-23(32)22-20(30)14-21(31)29(26-22)19-8-4-17(24)5-9-19/h2-9,14,30H,10-13,15H2,1H3,(H,25,32). The number of likely N-dealkylation sites (N-methyl/N-ethyl adjacent to an activating group) is 1. The van der Waals surface area contributed by atoms with Gasteiger partial charge in [0.25, 0.3) is 11.5 Å². The monoisotopic (exact) mass is 497 g/mol. The van der Waals surface area contributed by atoms with Gasteiger partial charge in [0, 0.05) is 49.0 Å². The number of aromatic hydroxyl groups is 1. The number of carbonyl (C=O) groups excluding carboxylic acids is 1. The van der Waals surface area contributed by atoms with Crippen LogP contribution in [0.4, 0.5) is 5.69 Å². The molecule has 4 rings (SSSR count). The molecule has 1 amide bonds. The van der Waals surface area contributed by atoms with Gasteiger partial charge in [0.15, 0.2) is 11.4 Å². The summed E-state index contributed by atoms with van der Waals surface area (Å²) in [6.07, 6.45) is 0. The molecule has 2 heterocycles. The smallest absolute Gasteiger partial charge is 0.279 e. The maximum Gasteiger partial charge on any atom is 0.279 e. The zero-order valence-electron chi connectivity index (χ0n) is 17.7. The summed E-state index contributed by atoms with van der Waals surface area (Å²) in [6.45, 7) is 5.06. The summed E-state index contributed by atoms with van der Waals surface area (Å²) >= 11 is 3.34. The lowest BCUT2D eigenvalue weighted by Gasteiger charge is -2.32. The molecule has 0 spiro atoms. The molecular weight excluding hydrogens is 474 g/mol. The summed E-state index contributed by atoms with van der Waals surface area (Å²) in [4.78, 5) is 29.7. The molecule has 0 radical (unpaired) electrons. The second kappa shape index (κ2) is 9.64. The Morgan fingerprint density at radius 2 is 1.72 bits per heavy atom. The average Bonchev–Trinajstić information content (AvgIpc) is 2.77. The van der Waals surface area contributed by atoms with Gasteiger partial charge in [0.1, 0.15) is 0 Å². The van der Waals surface area contributed by atoms with Crippen LogP contribution in [0.25, 0.3) is 5.69 Å². The van der Waals surface area contributed by atoms with Crippen LogP contribution in [0, 0.1) is 0 Å². The number of piperazine rings is 1. The summed E-state index contributed by atoms with van der Waals surface area (Å²) in [6, 6.07) is 15.5. The summed E-state index contributed by atoms with van der Waals surface area (Å²) in [5.74, 6) is -1.06. The van der Waals surface area contributed by atoms with Gasteiger partial charge in [-0.3, -0.25) is 14.5 Å². The first-order chi connectivity index (χ1) is 15.4. The van der Waals surface area contributed by atoms with E-state index in [1.807, 2.05) is 24.3 Å². The van der Waals surface area contributed by atoms with Gasteiger partial charge in [0.05, 0.1) is 5.69 Å². The fourth-order valence-electron chi connectivity index (χ4n) is 3.52. The lowest BCUT2D eigenvalue weighted by molar-refractivity contribution is 0.101. The van der Waals surface area contributed by atoms with Crippen molar-refractivity contribution >= 4 is 27.5 Å². The minimum absolute atomic E-state index is 0.228. The molecule has 9 heteroatoms. The molecule has 1 aromatic heterocycles. The molecule has 1 aliphatic heterocycles. The van der Waals surface area contributed by atoms with Gasteiger partial charge in [-0.25, -0.2) is 0 Å². The largest absolute Gasteiger partial charge is 0.505 e. The number of hydrogen-bond acceptors (Lipinski definition) is 6. The van der Waals surface area contributed by atoms with E-state index in [9.17, 15) is 14.7 Å². The Morgan fingerprint density at radius 3 is 2.38 bits per heavy atom. The van der Waals surface area contributed by atoms with Crippen molar-refractivity contribution in [1.82, 2.24) is 19.6 Å². The van der Waals surface area contributed by atoms with Gasteiger partial charge in [-0.15, -0.1) is 0 Å². The molecular formula is C23H24BrN5O3. The summed E-state index contributed by atoms with van der Waals surface area (Å²) in [7, 11) is 2.13. The van der Waals surface area contributed by atoms with Crippen LogP contribution in [0.3, 0.4) is 0 Å². The van der Waals surface area contributed by atoms with Crippen LogP contribution >= 0.6 is 15.9 Å². The number of rotatable bonds is 5. The highest BCUT2D eigenvalue weighted by atomic mass is 79.9. The van der Waals surface area contributed by atoms with Crippen LogP contribution in [0.15, 0.2) is 63.9 Å². The van der Waals surface area contributed by atoms with E-state index in [2.05, 4.69) is 43.2 Å². The van der Waals surface area contributed by atoms with E-state index in [4.69, 9.17) is 0 Å². The van der Waals surface area contributed by atoms with E-state index in [0.717, 1.165) is 53.5 Å². The van der Waals surface area contributed by atoms with Crippen molar-refractivity contribution in [2.24, 2.45) is 0 Å². The van der Waals surface area contributed by atoms with E-state index < -0.39 is 17.2 Å². The lowest BCUT2D eigenvalue weighted by Crippen LogP contribution is -2.43. The van der Waals surface area contributed by atoms with Crippen molar-refractivity contribution in [2.45, 2.75) is 6.54 Å². The molecule has 166 valence electrons. The van der Waals surface area contributed by atoms with E-state index in [1.165, 1.54) is 0 Å². The molecule has 2 aromatic carbocycles. The van der Waals surface area contributed by atoms with E-state index >= 15 is 0 Å². The zero-order valence-corrected chi connectivity index (χ0v) is 19.2. The number of amides is 1. The number of hydrogen-bond donors (Lipinski definition) is 2. The van der Waals surface area contributed by atoms with Crippen LogP contribution in [0.2, 0.25) is 0 Å². The van der Waals surface area contributed by atoms with Crippen molar-refractivity contribution in [1.29, 1.82) is 0 Å². The number of nitrogens with zero attached hydrogens (tertiary/aromatic N) is 4. The Kier molecular flexibility index (Phi) is 6.69. The molecule has 1 fully saturated rings. The number of carbonyl (C=O) groups is 1. The fraction of sp³-hybridized carbons (Fsp3) is 0.261. The molecule has 2 N–H and O–H groups in total. The highest BCUT2D eigenvalue weighted by Crippen LogP contribution is 2.18. The van der Waals surface area contributed by atoms with Crippen LogP contribution < -0.4 is 10.9 Å². The Morgan fingerprint density at radius 1 is 1.06 bits per heavy atom. The van der Waals surface area contributed by atoms with Crippen LogP contribution in [-0.4, -0.2) is 63.8 Å². The molecule has 32 heavy (non-hydrogen) atoms. The van der Waals surface area contributed by atoms with Crippen molar-refractivity contribution in [2.75, 3.05) is 38.5 Å². The molecule has 0 unspecified atom stereocenters. The second-order valence-corrected chi connectivity index (χ2v) is 8.75. The van der Waals surface area contributed by atoms with E-state index in [0.29, 0.717) is 11.4 Å². The Labute approximate surface area is 194 Å². The number of benzene rings is 2. The molecule has 0 bridgehead atoms. The molecule has 0 atom stereocenters. The normalized spacial score (nSPS) is 14.9. The van der Waals surface area contributed by atoms with Crippen molar-refractivity contribution in [3.63, 3.8) is 0 Å². The average molecular weight is 498 g/mol. The Bertz CT molecular complexity index is 1150. The Hall–Kier alpha value is -3.01. The van der Waals surface area contributed by atoms with E-state index in [-0.39, 0.29) is 5.69 Å². The summed E-state index contributed by atoms with van der Waals surface area (Å²) in [5, 5.41) is 17.0. The third-order valence-electron chi connectivity index (χ3n) is 5.41. The van der Waals surface area contributed by atoms with Gasteiger partial charge < -0.3 is 15.3 Å². The highest BCUT2D eigenvalue weighted by molar-refractivity contribution is 9.10. The highest BCUT2D eigenvalue weighted by Gasteiger charge is 2.18. The van der Waals surface area contributed by atoms with Gasteiger partial charge in [-0.1, -0.05) is 28.1 Å². The predicted molar refractivity (Wildman–Crippen MR) is 126 cm³/mol. The number of aromatic nitrogens is 2. The first-order valence-corrected chi connectivity index (χ1v) is 11.1. The molecule has 1 saturated heterocycles. The topological polar surface area (TPSA) is 90.7 Å². The maximum absolute atomic E-state index is 12.7. The SMILES string of the molecule is CN1CCN(Cc2ccc(NC(=O)c3nn(-c4ccc(Br)cc4)c(=O)cc3O)cc2)CC1. The van der Waals surface area contributed by atoms with Gasteiger partial charge >= 0.3 is 0 Å². The fourth-order valence-corrected chi connectivity index (χ4v) is 3.79. The molecule has 8 nitrogen and oxygen atoms in total. The Balaban J connectivity index is 1.47. The summed E-state index contributed by atoms with van der Waals surface area (Å²) in [5.41, 5.74) is 1.47. The number of anilines is 1. The lowest BCUT2D eigenvalue weighted by atomic mass is 10.1. The first kappa shape index (κ1) is 22.2. The zero-order chi connectivity index (χ0) is 22.7. The van der Waals surface area contributed by atoms with Crippen molar-refractivity contribution in [3.8, 4) is 11.4 Å². The number of nitrogens with one attached hydrogen (secondary N) is 1. The van der Waals surface area contributed by atoms with Crippen molar-refractivity contribution < 1.29 is 9.90 Å². The molecule has 3 aromatic rings. The van der Waals surface area contributed by atoms with Crippen molar-refractivity contribution in [3.05, 3.63) is 80.7 Å². The third-order valence-corrected chi connectivity index (χ3v) is 5.94. The van der Waals surface area contributed by atoms with Gasteiger partial charge in [-0.05, 0) is 49.0 Å². The molecule has 0 saturated carbocycles. The first-order valence-electron chi connectivity index (χ1n) is 10.3. The predicted octanol–water partition coefficient (Wildman–Crippen LogP) is 2.70. The minimum atomic E-state index is -0.597. The maximum atomic E-state index is 12.7. The third kappa shape index (κ3) is 5.24. The van der Waals surface area contributed by atoms with Crippen LogP contribution in [-0.2, 0) is 6.54 Å². The van der Waals surface area contributed by atoms with Crippen LogP contribution in [0.1, 0.15) is 16.1 Å². The molecule has 1 aliphatic rings.